The van der Waals surface area contributed by atoms with Crippen LogP contribution in [0.5, 0.6) is 0 Å². The summed E-state index contributed by atoms with van der Waals surface area (Å²) < 4.78 is 63.3. The first-order chi connectivity index (χ1) is 44.4. The summed E-state index contributed by atoms with van der Waals surface area (Å²) in [5.74, 6) is -2.53. The third-order valence-corrected chi connectivity index (χ3v) is 18.6. The highest BCUT2D eigenvalue weighted by molar-refractivity contribution is 5.87. The van der Waals surface area contributed by atoms with Crippen molar-refractivity contribution in [3.05, 3.63) is 42.0 Å². The maximum absolute atomic E-state index is 14.1. The summed E-state index contributed by atoms with van der Waals surface area (Å²) in [6.45, 7) is 12.8. The van der Waals surface area contributed by atoms with Crippen molar-refractivity contribution in [3.63, 3.8) is 0 Å². The van der Waals surface area contributed by atoms with Crippen LogP contribution in [-0.2, 0) is 76.3 Å². The number of hydrogen-bond donors (Lipinski definition) is 5. The van der Waals surface area contributed by atoms with Gasteiger partial charge >= 0.3 is 17.9 Å². The van der Waals surface area contributed by atoms with Gasteiger partial charge in [0.1, 0.15) is 48.8 Å². The molecule has 5 N–H and O–H groups in total. The SMILES string of the molecule is CCCCCCCCCCCC(=O)O[C@@H]1[C@@H](O)[C@@H](OC(=O)/C=C/c2ccccc2)[C@H](O[C@@H]2[C@@H](O)[C@@H](OC(=O)CCCCCCCCC)[C@H](O[C@@H]3[C@H]4OO[C@H]5[C@H](OC(CCCCC)CCCCCCCCCC(=O)[C@H](O[C@H]3C)[C@@H]4O)O[C@H](C)[C@H](O)[C@@H]5O)O[C@H]2C)O[C@H]1C. The number of ketones is 1. The zero-order valence-electron chi connectivity index (χ0n) is 56.4. The number of ether oxygens (including phenoxy) is 10. The standard InChI is InChI=1S/C71H116O21/c1-8-11-14-16-18-19-24-28-35-42-53(73)86-61-47(5)83-69(66(58(61)78)88-55(75)45-44-50-37-31-29-32-38-50)89-62-48(6)84-70(67(59(62)79)87-54(74)43-36-27-21-17-15-12-9-2)90-63-49(7)81-64-52(72)41-34-26-23-20-22-25-33-40-51(39-30-13-10-3)85-71-68(92-91-65(63)60(64)80)57(77)56(76)46(4)82-71/h29,31-32,37-38,44-49,51,56-71,76-80H,8-28,30,33-36,39-43H2,1-7H3/b45-44+/t46-,47+,48+,49+,51?,56+,57+,58-,59-,60+,61+,62+,63+,64+,65+,66-,67-,68-,69+,70+,71+/m1/s1. The molecule has 5 saturated heterocycles. The summed E-state index contributed by atoms with van der Waals surface area (Å²) in [7, 11) is 0. The maximum atomic E-state index is 14.1. The van der Waals surface area contributed by atoms with Crippen LogP contribution in [0.4, 0.5) is 0 Å². The molecule has 21 nitrogen and oxygen atoms in total. The second kappa shape index (κ2) is 42.2. The molecule has 0 radical (unpaired) electrons. The van der Waals surface area contributed by atoms with Gasteiger partial charge in [-0.1, -0.05) is 199 Å². The molecule has 0 aromatic heterocycles. The van der Waals surface area contributed by atoms with Crippen molar-refractivity contribution < 1.29 is 102 Å². The van der Waals surface area contributed by atoms with E-state index in [4.69, 9.17) is 57.1 Å². The van der Waals surface area contributed by atoms with Gasteiger partial charge in [-0.2, -0.15) is 0 Å². The molecule has 5 fully saturated rings. The molecule has 1 unspecified atom stereocenters. The summed E-state index contributed by atoms with van der Waals surface area (Å²) in [6, 6.07) is 9.01. The number of carbonyl (C=O) groups excluding carboxylic acids is 4. The lowest BCUT2D eigenvalue weighted by molar-refractivity contribution is -0.450. The van der Waals surface area contributed by atoms with Gasteiger partial charge < -0.3 is 72.9 Å². The molecule has 0 aliphatic carbocycles. The van der Waals surface area contributed by atoms with Gasteiger partial charge in [0.05, 0.1) is 30.5 Å². The van der Waals surface area contributed by atoms with E-state index < -0.39 is 141 Å². The molecular weight excluding hydrogens is 1190 g/mol. The molecule has 5 heterocycles. The van der Waals surface area contributed by atoms with Crippen LogP contribution in [0.1, 0.15) is 253 Å². The van der Waals surface area contributed by atoms with E-state index in [-0.39, 0.29) is 31.1 Å². The normalized spacial score (nSPS) is 34.7. The molecule has 1 aromatic carbocycles. The van der Waals surface area contributed by atoms with E-state index in [1.807, 2.05) is 6.07 Å². The highest BCUT2D eigenvalue weighted by Crippen LogP contribution is 2.38. The predicted molar refractivity (Wildman–Crippen MR) is 342 cm³/mol. The van der Waals surface area contributed by atoms with E-state index in [1.165, 1.54) is 37.8 Å². The van der Waals surface area contributed by atoms with Crippen molar-refractivity contribution in [2.75, 3.05) is 0 Å². The van der Waals surface area contributed by atoms with E-state index in [2.05, 4.69) is 20.8 Å². The van der Waals surface area contributed by atoms with Crippen LogP contribution in [0.15, 0.2) is 36.4 Å². The van der Waals surface area contributed by atoms with Crippen LogP contribution >= 0.6 is 0 Å². The average Bonchev–Trinajstić information content (AvgIpc) is 0.797. The second-order valence-corrected chi connectivity index (χ2v) is 26.4. The number of benzene rings is 1. The molecule has 21 heteroatoms. The van der Waals surface area contributed by atoms with Crippen molar-refractivity contribution in [3.8, 4) is 0 Å². The lowest BCUT2D eigenvalue weighted by Crippen LogP contribution is -2.67. The van der Waals surface area contributed by atoms with Crippen molar-refractivity contribution in [2.45, 2.75) is 376 Å². The number of unbranched alkanes of at least 4 members (excludes halogenated alkanes) is 16. The Bertz CT molecular complexity index is 2260. The quantitative estimate of drug-likeness (QED) is 0.0152. The van der Waals surface area contributed by atoms with E-state index in [0.29, 0.717) is 24.8 Å². The molecule has 21 atom stereocenters. The Balaban J connectivity index is 1.27. The van der Waals surface area contributed by atoms with Crippen molar-refractivity contribution in [1.82, 2.24) is 0 Å². The second-order valence-electron chi connectivity index (χ2n) is 26.4. The Morgan fingerprint density at radius 2 is 0.967 bits per heavy atom. The van der Waals surface area contributed by atoms with E-state index in [9.17, 15) is 44.7 Å². The molecule has 2 bridgehead atoms. The third-order valence-electron chi connectivity index (χ3n) is 18.6. The number of aliphatic hydroxyl groups is 5. The minimum Gasteiger partial charge on any atom is -0.457 e. The van der Waals surface area contributed by atoms with Crippen molar-refractivity contribution in [2.24, 2.45) is 0 Å². The van der Waals surface area contributed by atoms with Gasteiger partial charge in [-0.3, -0.25) is 14.4 Å². The highest BCUT2D eigenvalue weighted by atomic mass is 17.2. The summed E-state index contributed by atoms with van der Waals surface area (Å²) in [5.41, 5.74) is 0.691. The Hall–Kier alpha value is -3.52. The molecule has 0 amide bonds. The topological polar surface area (TPSA) is 280 Å². The molecule has 5 aliphatic rings. The Morgan fingerprint density at radius 1 is 0.478 bits per heavy atom. The smallest absolute Gasteiger partial charge is 0.331 e. The van der Waals surface area contributed by atoms with Crippen LogP contribution in [-0.4, -0.2) is 178 Å². The van der Waals surface area contributed by atoms with E-state index in [1.54, 1.807) is 52.0 Å². The van der Waals surface area contributed by atoms with Gasteiger partial charge in [-0.15, -0.1) is 0 Å². The van der Waals surface area contributed by atoms with Gasteiger partial charge in [0.15, 0.2) is 55.2 Å². The highest BCUT2D eigenvalue weighted by Gasteiger charge is 2.57. The zero-order valence-corrected chi connectivity index (χ0v) is 56.4. The molecule has 5 aliphatic heterocycles. The zero-order chi connectivity index (χ0) is 66.4. The first kappa shape index (κ1) is 77.5. The number of rotatable bonds is 31. The molecule has 92 heavy (non-hydrogen) atoms. The van der Waals surface area contributed by atoms with Gasteiger partial charge in [0.2, 0.25) is 0 Å². The number of carbonyl (C=O) groups is 4. The third kappa shape index (κ3) is 24.8. The van der Waals surface area contributed by atoms with Gasteiger partial charge in [-0.25, -0.2) is 14.6 Å². The first-order valence-corrected chi connectivity index (χ1v) is 35.6. The molecular formula is C71H116O21. The number of aliphatic hydroxyl groups excluding tert-OH is 5. The predicted octanol–water partition coefficient (Wildman–Crippen LogP) is 10.8. The lowest BCUT2D eigenvalue weighted by Gasteiger charge is -2.49. The lowest BCUT2D eigenvalue weighted by atomic mass is 9.91. The van der Waals surface area contributed by atoms with Crippen LogP contribution in [0, 0.1) is 0 Å². The fourth-order valence-corrected chi connectivity index (χ4v) is 13.0. The molecule has 1 aromatic rings. The summed E-state index contributed by atoms with van der Waals surface area (Å²) >= 11 is 0. The largest absolute Gasteiger partial charge is 0.457 e. The molecule has 0 saturated carbocycles. The van der Waals surface area contributed by atoms with Crippen molar-refractivity contribution >= 4 is 29.8 Å². The summed E-state index contributed by atoms with van der Waals surface area (Å²) in [4.78, 5) is 67.5. The minimum absolute atomic E-state index is 0.0298. The van der Waals surface area contributed by atoms with Crippen molar-refractivity contribution in [1.29, 1.82) is 0 Å². The fourth-order valence-electron chi connectivity index (χ4n) is 13.0. The monoisotopic (exact) mass is 1300 g/mol. The number of fused-ring (bicyclic) bond motifs is 3. The van der Waals surface area contributed by atoms with Gasteiger partial charge in [0, 0.05) is 25.3 Å². The number of Topliss-reactive ketones (excluding diaryl/α,β-unsaturated/α-hetero) is 1. The van der Waals surface area contributed by atoms with Crippen LogP contribution in [0.25, 0.3) is 6.08 Å². The fraction of sp³-hybridized carbons (Fsp3) is 0.831. The number of hydrogen-bond acceptors (Lipinski definition) is 21. The number of esters is 3. The van der Waals surface area contributed by atoms with E-state index in [0.717, 1.165) is 135 Å². The maximum Gasteiger partial charge on any atom is 0.331 e. The molecule has 0 spiro atoms. The first-order valence-electron chi connectivity index (χ1n) is 35.6. The Morgan fingerprint density at radius 3 is 1.58 bits per heavy atom. The average molecular weight is 1310 g/mol. The summed E-state index contributed by atoms with van der Waals surface area (Å²) in [6.07, 6.45) is -0.0681. The van der Waals surface area contributed by atoms with Crippen LogP contribution in [0.2, 0.25) is 0 Å². The molecule has 526 valence electrons. The Labute approximate surface area is 547 Å². The molecule has 6 rings (SSSR count). The van der Waals surface area contributed by atoms with E-state index >= 15 is 0 Å². The minimum atomic E-state index is -1.80. The van der Waals surface area contributed by atoms with Gasteiger partial charge in [-0.05, 0) is 71.4 Å². The van der Waals surface area contributed by atoms with Crippen LogP contribution in [0.3, 0.4) is 0 Å². The van der Waals surface area contributed by atoms with Crippen LogP contribution < -0.4 is 0 Å². The summed E-state index contributed by atoms with van der Waals surface area (Å²) in [5, 5.41) is 60.1. The van der Waals surface area contributed by atoms with Gasteiger partial charge in [0.25, 0.3) is 0 Å². The Kier molecular flexibility index (Phi) is 35.6.